The molecule has 130 valence electrons. The van der Waals surface area contributed by atoms with Gasteiger partial charge in [-0.15, -0.1) is 0 Å². The van der Waals surface area contributed by atoms with Gasteiger partial charge < -0.3 is 14.6 Å². The molecule has 0 aliphatic carbocycles. The van der Waals surface area contributed by atoms with Gasteiger partial charge >= 0.3 is 0 Å². The number of ether oxygens (including phenoxy) is 1. The molecule has 1 aromatic carbocycles. The highest BCUT2D eigenvalue weighted by Gasteiger charge is 2.23. The number of nitrogens with one attached hydrogen (secondary N) is 2. The van der Waals surface area contributed by atoms with Crippen LogP contribution in [0.3, 0.4) is 0 Å². The molecule has 0 fully saturated rings. The summed E-state index contributed by atoms with van der Waals surface area (Å²) in [4.78, 5) is 12.0. The maximum absolute atomic E-state index is 12.2. The number of anilines is 1. The number of carbonyl (C=O) groups is 1. The lowest BCUT2D eigenvalue weighted by Crippen LogP contribution is -2.28. The summed E-state index contributed by atoms with van der Waals surface area (Å²) in [5.41, 5.74) is 0.803. The maximum Gasteiger partial charge on any atom is 0.245 e. The Labute approximate surface area is 140 Å². The number of rotatable bonds is 7. The molecule has 1 heterocycles. The van der Waals surface area contributed by atoms with E-state index in [0.717, 1.165) is 0 Å². The Morgan fingerprint density at radius 2 is 2.00 bits per heavy atom. The van der Waals surface area contributed by atoms with Gasteiger partial charge in [-0.3, -0.25) is 4.79 Å². The number of aromatic nitrogens is 1. The number of amides is 1. The average Bonchev–Trinajstić information content (AvgIpc) is 2.87. The minimum Gasteiger partial charge on any atom is -0.495 e. The van der Waals surface area contributed by atoms with Crippen LogP contribution in [0.15, 0.2) is 33.7 Å². The molecule has 0 saturated carbocycles. The summed E-state index contributed by atoms with van der Waals surface area (Å²) in [5.74, 6) is 0.404. The van der Waals surface area contributed by atoms with Crippen molar-refractivity contribution >= 4 is 21.6 Å². The van der Waals surface area contributed by atoms with Crippen molar-refractivity contribution in [1.29, 1.82) is 0 Å². The van der Waals surface area contributed by atoms with Crippen molar-refractivity contribution in [3.8, 4) is 5.75 Å². The molecule has 0 atom stereocenters. The van der Waals surface area contributed by atoms with E-state index < -0.39 is 10.0 Å². The van der Waals surface area contributed by atoms with E-state index in [0.29, 0.717) is 11.4 Å². The molecule has 0 spiro atoms. The van der Waals surface area contributed by atoms with Crippen LogP contribution in [-0.2, 0) is 14.8 Å². The molecular weight excluding hydrogens is 334 g/mol. The Morgan fingerprint density at radius 1 is 1.29 bits per heavy atom. The topological polar surface area (TPSA) is 111 Å². The third-order valence-corrected chi connectivity index (χ3v) is 4.97. The van der Waals surface area contributed by atoms with Gasteiger partial charge in [0.25, 0.3) is 0 Å². The Morgan fingerprint density at radius 3 is 2.62 bits per heavy atom. The third-order valence-electron chi connectivity index (χ3n) is 3.26. The molecule has 0 aliphatic heterocycles. The van der Waals surface area contributed by atoms with Gasteiger partial charge in [0.1, 0.15) is 16.3 Å². The van der Waals surface area contributed by atoms with Crippen LogP contribution in [0.2, 0.25) is 0 Å². The van der Waals surface area contributed by atoms with Gasteiger partial charge in [-0.1, -0.05) is 17.3 Å². The van der Waals surface area contributed by atoms with Crippen LogP contribution in [0.25, 0.3) is 0 Å². The summed E-state index contributed by atoms with van der Waals surface area (Å²) in [6, 6.07) is 6.96. The van der Waals surface area contributed by atoms with Crippen LogP contribution >= 0.6 is 0 Å². The molecule has 8 nitrogen and oxygen atoms in total. The Bertz CT molecular complexity index is 810. The number of nitrogens with zero attached hydrogens (tertiary/aromatic N) is 1. The number of hydrogen-bond donors (Lipinski definition) is 2. The molecule has 2 rings (SSSR count). The highest BCUT2D eigenvalue weighted by molar-refractivity contribution is 7.89. The highest BCUT2D eigenvalue weighted by atomic mass is 32.2. The number of aryl methyl sites for hydroxylation is 2. The van der Waals surface area contributed by atoms with Gasteiger partial charge in [-0.2, -0.15) is 0 Å². The first kappa shape index (κ1) is 18.0. The first-order chi connectivity index (χ1) is 11.3. The minimum atomic E-state index is -3.77. The summed E-state index contributed by atoms with van der Waals surface area (Å²) in [6.07, 6.45) is -0.0271. The summed E-state index contributed by atoms with van der Waals surface area (Å²) in [5, 5.41) is 6.29. The predicted molar refractivity (Wildman–Crippen MR) is 87.4 cm³/mol. The number of methoxy groups -OCH3 is 1. The summed E-state index contributed by atoms with van der Waals surface area (Å²) >= 11 is 0. The first-order valence-corrected chi connectivity index (χ1v) is 8.69. The lowest BCUT2D eigenvalue weighted by atomic mass is 10.3. The smallest absolute Gasteiger partial charge is 0.245 e. The zero-order valence-corrected chi connectivity index (χ0v) is 14.4. The zero-order chi connectivity index (χ0) is 17.7. The van der Waals surface area contributed by atoms with Gasteiger partial charge in [-0.05, 0) is 26.0 Å². The number of hydrogen-bond acceptors (Lipinski definition) is 6. The average molecular weight is 353 g/mol. The monoisotopic (exact) mass is 353 g/mol. The standard InChI is InChI=1S/C15H19N3O5S/c1-10-15(11(2)23-18-10)24(20,21)16-9-8-14(19)17-12-6-4-5-7-13(12)22-3/h4-7,16H,8-9H2,1-3H3,(H,17,19). The zero-order valence-electron chi connectivity index (χ0n) is 13.6. The van der Waals surface area contributed by atoms with Crippen LogP contribution < -0.4 is 14.8 Å². The Balaban J connectivity index is 1.93. The van der Waals surface area contributed by atoms with E-state index in [1.807, 2.05) is 0 Å². The van der Waals surface area contributed by atoms with Crippen molar-refractivity contribution in [3.63, 3.8) is 0 Å². The van der Waals surface area contributed by atoms with Crippen molar-refractivity contribution < 1.29 is 22.5 Å². The van der Waals surface area contributed by atoms with E-state index in [4.69, 9.17) is 9.26 Å². The lowest BCUT2D eigenvalue weighted by Gasteiger charge is -2.10. The van der Waals surface area contributed by atoms with Gasteiger partial charge in [0, 0.05) is 13.0 Å². The second-order valence-corrected chi connectivity index (χ2v) is 6.75. The van der Waals surface area contributed by atoms with Crippen molar-refractivity contribution in [1.82, 2.24) is 9.88 Å². The quantitative estimate of drug-likeness (QED) is 0.782. The second-order valence-electron chi connectivity index (χ2n) is 5.05. The van der Waals surface area contributed by atoms with Crippen molar-refractivity contribution in [2.45, 2.75) is 25.2 Å². The molecule has 24 heavy (non-hydrogen) atoms. The normalized spacial score (nSPS) is 11.3. The number of benzene rings is 1. The van der Waals surface area contributed by atoms with Gasteiger partial charge in [0.2, 0.25) is 15.9 Å². The lowest BCUT2D eigenvalue weighted by molar-refractivity contribution is -0.116. The van der Waals surface area contributed by atoms with Crippen LogP contribution in [0, 0.1) is 13.8 Å². The molecule has 0 radical (unpaired) electrons. The maximum atomic E-state index is 12.2. The number of sulfonamides is 1. The molecule has 0 unspecified atom stereocenters. The Hall–Kier alpha value is -2.39. The van der Waals surface area contributed by atoms with E-state index in [9.17, 15) is 13.2 Å². The van der Waals surface area contributed by atoms with Crippen molar-refractivity contribution in [2.75, 3.05) is 19.0 Å². The van der Waals surface area contributed by atoms with Crippen LogP contribution in [0.5, 0.6) is 5.75 Å². The van der Waals surface area contributed by atoms with E-state index in [2.05, 4.69) is 15.2 Å². The van der Waals surface area contributed by atoms with Crippen LogP contribution in [0.4, 0.5) is 5.69 Å². The molecule has 2 aromatic rings. The summed E-state index contributed by atoms with van der Waals surface area (Å²) in [6.45, 7) is 3.01. The fourth-order valence-corrected chi connectivity index (χ4v) is 3.55. The number of para-hydroxylation sites is 2. The van der Waals surface area contributed by atoms with Crippen molar-refractivity contribution in [2.24, 2.45) is 0 Å². The highest BCUT2D eigenvalue weighted by Crippen LogP contribution is 2.23. The van der Waals surface area contributed by atoms with E-state index in [1.54, 1.807) is 31.2 Å². The summed E-state index contributed by atoms with van der Waals surface area (Å²) < 4.78 is 36.8. The second kappa shape index (κ2) is 7.45. The van der Waals surface area contributed by atoms with E-state index >= 15 is 0 Å². The first-order valence-electron chi connectivity index (χ1n) is 7.20. The van der Waals surface area contributed by atoms with Crippen LogP contribution in [0.1, 0.15) is 17.9 Å². The Kier molecular flexibility index (Phi) is 5.58. The molecule has 1 amide bonds. The molecule has 1 aromatic heterocycles. The SMILES string of the molecule is COc1ccccc1NC(=O)CCNS(=O)(=O)c1c(C)noc1C. The van der Waals surface area contributed by atoms with Gasteiger partial charge in [-0.25, -0.2) is 13.1 Å². The third kappa shape index (κ3) is 4.12. The van der Waals surface area contributed by atoms with E-state index in [-0.39, 0.29) is 35.2 Å². The van der Waals surface area contributed by atoms with Gasteiger partial charge in [0.15, 0.2) is 5.76 Å². The molecule has 0 aliphatic rings. The van der Waals surface area contributed by atoms with E-state index in [1.165, 1.54) is 14.0 Å². The predicted octanol–water partition coefficient (Wildman–Crippen LogP) is 1.61. The molecule has 2 N–H and O–H groups in total. The molecule has 0 bridgehead atoms. The summed E-state index contributed by atoms with van der Waals surface area (Å²) in [7, 11) is -2.27. The number of carbonyl (C=O) groups excluding carboxylic acids is 1. The molecular formula is C15H19N3O5S. The minimum absolute atomic E-state index is 0.00707. The van der Waals surface area contributed by atoms with Crippen LogP contribution in [-0.4, -0.2) is 33.1 Å². The van der Waals surface area contributed by atoms with Crippen molar-refractivity contribution in [3.05, 3.63) is 35.7 Å². The molecule has 9 heteroatoms. The largest absolute Gasteiger partial charge is 0.495 e. The van der Waals surface area contributed by atoms with Gasteiger partial charge in [0.05, 0.1) is 12.8 Å². The fourth-order valence-electron chi connectivity index (χ4n) is 2.19. The fraction of sp³-hybridized carbons (Fsp3) is 0.333. The molecule has 0 saturated heterocycles.